The van der Waals surface area contributed by atoms with E-state index in [2.05, 4.69) is 0 Å². The van der Waals surface area contributed by atoms with Crippen LogP contribution in [0.3, 0.4) is 0 Å². The first-order chi connectivity index (χ1) is 6.63. The lowest BCUT2D eigenvalue weighted by atomic mass is 10.1. The van der Waals surface area contributed by atoms with Gasteiger partial charge >= 0.3 is 0 Å². The lowest BCUT2D eigenvalue weighted by Crippen LogP contribution is -2.11. The smallest absolute Gasteiger partial charge is 0.217 e. The first-order valence-electron chi connectivity index (χ1n) is 4.69. The van der Waals surface area contributed by atoms with E-state index in [1.54, 1.807) is 6.07 Å². The van der Waals surface area contributed by atoms with Gasteiger partial charge in [-0.2, -0.15) is 0 Å². The molecule has 1 rings (SSSR count). The maximum Gasteiger partial charge on any atom is 0.217 e. The molecule has 14 heavy (non-hydrogen) atoms. The van der Waals surface area contributed by atoms with Crippen molar-refractivity contribution in [2.75, 3.05) is 0 Å². The van der Waals surface area contributed by atoms with Crippen LogP contribution in [-0.2, 0) is 17.6 Å². The first kappa shape index (κ1) is 10.7. The van der Waals surface area contributed by atoms with E-state index in [-0.39, 0.29) is 12.2 Å². The van der Waals surface area contributed by atoms with Crippen LogP contribution in [0.25, 0.3) is 0 Å². The van der Waals surface area contributed by atoms with Crippen molar-refractivity contribution in [3.05, 3.63) is 35.1 Å². The molecule has 0 saturated heterocycles. The van der Waals surface area contributed by atoms with E-state index < -0.39 is 5.91 Å². The number of carbonyl (C=O) groups is 1. The molecule has 1 aromatic carbocycles. The Morgan fingerprint density at radius 3 is 2.71 bits per heavy atom. The Labute approximate surface area is 82.9 Å². The molecule has 0 heterocycles. The largest absolute Gasteiger partial charge is 0.370 e. The van der Waals surface area contributed by atoms with E-state index in [0.717, 1.165) is 12.0 Å². The van der Waals surface area contributed by atoms with Crippen LogP contribution in [-0.4, -0.2) is 5.91 Å². The standard InChI is InChI=1S/C11H14FNO/c1-2-8-3-4-9(10(12)7-8)5-6-11(13)14/h3-4,7H,2,5-6H2,1H3,(H2,13,14). The quantitative estimate of drug-likeness (QED) is 0.782. The number of hydrogen-bond donors (Lipinski definition) is 1. The molecule has 0 aliphatic carbocycles. The van der Waals surface area contributed by atoms with Crippen LogP contribution >= 0.6 is 0 Å². The Balaban J connectivity index is 2.73. The van der Waals surface area contributed by atoms with E-state index in [0.29, 0.717) is 12.0 Å². The molecule has 0 aromatic heterocycles. The first-order valence-corrected chi connectivity index (χ1v) is 4.69. The van der Waals surface area contributed by atoms with Crippen molar-refractivity contribution in [1.82, 2.24) is 0 Å². The normalized spacial score (nSPS) is 10.1. The van der Waals surface area contributed by atoms with Gasteiger partial charge in [-0.25, -0.2) is 4.39 Å². The Morgan fingerprint density at radius 2 is 2.21 bits per heavy atom. The molecule has 1 aromatic rings. The molecule has 0 fully saturated rings. The molecule has 0 spiro atoms. The summed E-state index contributed by atoms with van der Waals surface area (Å²) in [6.45, 7) is 1.97. The number of carbonyl (C=O) groups excluding carboxylic acids is 1. The molecule has 3 heteroatoms. The van der Waals surface area contributed by atoms with Gasteiger partial charge in [0.2, 0.25) is 5.91 Å². The summed E-state index contributed by atoms with van der Waals surface area (Å²) in [6.07, 6.45) is 1.39. The number of hydrogen-bond acceptors (Lipinski definition) is 1. The van der Waals surface area contributed by atoms with Gasteiger partial charge in [-0.3, -0.25) is 4.79 Å². The van der Waals surface area contributed by atoms with Crippen LogP contribution in [0.15, 0.2) is 18.2 Å². The summed E-state index contributed by atoms with van der Waals surface area (Å²) in [6, 6.07) is 5.10. The predicted molar refractivity (Wildman–Crippen MR) is 53.3 cm³/mol. The monoisotopic (exact) mass is 195 g/mol. The summed E-state index contributed by atoms with van der Waals surface area (Å²) in [4.78, 5) is 10.5. The lowest BCUT2D eigenvalue weighted by molar-refractivity contribution is -0.117. The molecule has 2 nitrogen and oxygen atoms in total. The van der Waals surface area contributed by atoms with Crippen molar-refractivity contribution in [2.24, 2.45) is 5.73 Å². The van der Waals surface area contributed by atoms with E-state index >= 15 is 0 Å². The second-order valence-corrected chi connectivity index (χ2v) is 3.25. The van der Waals surface area contributed by atoms with Crippen molar-refractivity contribution in [1.29, 1.82) is 0 Å². The average Bonchev–Trinajstić information content (AvgIpc) is 2.15. The highest BCUT2D eigenvalue weighted by Crippen LogP contribution is 2.12. The zero-order chi connectivity index (χ0) is 10.6. The number of rotatable bonds is 4. The molecule has 1 amide bonds. The van der Waals surface area contributed by atoms with E-state index in [1.807, 2.05) is 13.0 Å². The minimum atomic E-state index is -0.399. The fourth-order valence-corrected chi connectivity index (χ4v) is 1.27. The summed E-state index contributed by atoms with van der Waals surface area (Å²) >= 11 is 0. The predicted octanol–water partition coefficient (Wildman–Crippen LogP) is 1.81. The molecule has 0 aliphatic heterocycles. The topological polar surface area (TPSA) is 43.1 Å². The zero-order valence-corrected chi connectivity index (χ0v) is 8.22. The van der Waals surface area contributed by atoms with Gasteiger partial charge in [0.05, 0.1) is 0 Å². The van der Waals surface area contributed by atoms with Gasteiger partial charge in [-0.05, 0) is 30.0 Å². The number of primary amides is 1. The van der Waals surface area contributed by atoms with Crippen LogP contribution < -0.4 is 5.73 Å². The molecule has 76 valence electrons. The molecule has 0 bridgehead atoms. The van der Waals surface area contributed by atoms with Crippen LogP contribution in [0.1, 0.15) is 24.5 Å². The van der Waals surface area contributed by atoms with Crippen molar-refractivity contribution in [2.45, 2.75) is 26.2 Å². The highest BCUT2D eigenvalue weighted by atomic mass is 19.1. The maximum atomic E-state index is 13.3. The van der Waals surface area contributed by atoms with Gasteiger partial charge < -0.3 is 5.73 Å². The van der Waals surface area contributed by atoms with E-state index in [1.165, 1.54) is 6.07 Å². The van der Waals surface area contributed by atoms with Crippen LogP contribution in [0.2, 0.25) is 0 Å². The average molecular weight is 195 g/mol. The van der Waals surface area contributed by atoms with Gasteiger partial charge in [-0.15, -0.1) is 0 Å². The third kappa shape index (κ3) is 2.83. The number of aryl methyl sites for hydroxylation is 2. The zero-order valence-electron chi connectivity index (χ0n) is 8.22. The van der Waals surface area contributed by atoms with Gasteiger partial charge in [0.15, 0.2) is 0 Å². The van der Waals surface area contributed by atoms with Gasteiger partial charge in [0, 0.05) is 6.42 Å². The Hall–Kier alpha value is -1.38. The summed E-state index contributed by atoms with van der Waals surface area (Å²) in [5, 5.41) is 0. The summed E-state index contributed by atoms with van der Waals surface area (Å²) in [7, 11) is 0. The Bertz CT molecular complexity index is 336. The molecule has 0 unspecified atom stereocenters. The number of halogens is 1. The van der Waals surface area contributed by atoms with E-state index in [9.17, 15) is 9.18 Å². The molecule has 0 atom stereocenters. The van der Waals surface area contributed by atoms with Crippen molar-refractivity contribution in [3.63, 3.8) is 0 Å². The summed E-state index contributed by atoms with van der Waals surface area (Å²) in [5.41, 5.74) is 6.50. The van der Waals surface area contributed by atoms with Crippen LogP contribution in [0.5, 0.6) is 0 Å². The second-order valence-electron chi connectivity index (χ2n) is 3.25. The Kier molecular flexibility index (Phi) is 3.63. The minimum absolute atomic E-state index is 0.197. The maximum absolute atomic E-state index is 13.3. The van der Waals surface area contributed by atoms with E-state index in [4.69, 9.17) is 5.73 Å². The lowest BCUT2D eigenvalue weighted by Gasteiger charge is -2.03. The number of benzene rings is 1. The SMILES string of the molecule is CCc1ccc(CCC(N)=O)c(F)c1. The second kappa shape index (κ2) is 4.74. The Morgan fingerprint density at radius 1 is 1.50 bits per heavy atom. The number of nitrogens with two attached hydrogens (primary N) is 1. The van der Waals surface area contributed by atoms with Crippen LogP contribution in [0, 0.1) is 5.82 Å². The molecule has 0 radical (unpaired) electrons. The molecule has 0 saturated carbocycles. The van der Waals surface area contributed by atoms with Crippen molar-refractivity contribution < 1.29 is 9.18 Å². The van der Waals surface area contributed by atoms with Gasteiger partial charge in [0.25, 0.3) is 0 Å². The minimum Gasteiger partial charge on any atom is -0.370 e. The highest BCUT2D eigenvalue weighted by Gasteiger charge is 2.04. The summed E-state index contributed by atoms with van der Waals surface area (Å²) < 4.78 is 13.3. The van der Waals surface area contributed by atoms with Crippen molar-refractivity contribution >= 4 is 5.91 Å². The summed E-state index contributed by atoms with van der Waals surface area (Å²) in [5.74, 6) is -0.644. The third-order valence-corrected chi connectivity index (χ3v) is 2.17. The van der Waals surface area contributed by atoms with Crippen LogP contribution in [0.4, 0.5) is 4.39 Å². The van der Waals surface area contributed by atoms with Gasteiger partial charge in [-0.1, -0.05) is 19.1 Å². The molecule has 0 aliphatic rings. The van der Waals surface area contributed by atoms with Gasteiger partial charge in [0.1, 0.15) is 5.82 Å². The fraction of sp³-hybridized carbons (Fsp3) is 0.364. The fourth-order valence-electron chi connectivity index (χ4n) is 1.27. The number of amides is 1. The molecular weight excluding hydrogens is 181 g/mol. The third-order valence-electron chi connectivity index (χ3n) is 2.17. The molecule has 2 N–H and O–H groups in total. The van der Waals surface area contributed by atoms with Crippen molar-refractivity contribution in [3.8, 4) is 0 Å². The highest BCUT2D eigenvalue weighted by molar-refractivity contribution is 5.74. The molecular formula is C11H14FNO.